The summed E-state index contributed by atoms with van der Waals surface area (Å²) in [7, 11) is 1.58. The van der Waals surface area contributed by atoms with Gasteiger partial charge in [-0.25, -0.2) is 4.79 Å². The number of aryl methyl sites for hydroxylation is 1. The van der Waals surface area contributed by atoms with E-state index in [-0.39, 0.29) is 5.75 Å². The highest BCUT2D eigenvalue weighted by Crippen LogP contribution is 2.42. The number of cyclic esters (lactones) is 1. The van der Waals surface area contributed by atoms with E-state index in [2.05, 4.69) is 0 Å². The topological polar surface area (TPSA) is 55.8 Å². The molecule has 0 bridgehead atoms. The van der Waals surface area contributed by atoms with Gasteiger partial charge in [0.05, 0.1) is 12.7 Å². The van der Waals surface area contributed by atoms with E-state index in [0.29, 0.717) is 23.3 Å². The second kappa shape index (κ2) is 5.05. The van der Waals surface area contributed by atoms with E-state index in [9.17, 15) is 9.90 Å². The third-order valence-corrected chi connectivity index (χ3v) is 4.13. The highest BCUT2D eigenvalue weighted by atomic mass is 16.6. The summed E-state index contributed by atoms with van der Waals surface area (Å²) in [6.07, 6.45) is 0.453. The van der Waals surface area contributed by atoms with Crippen LogP contribution in [0, 0.1) is 6.92 Å². The zero-order valence-electron chi connectivity index (χ0n) is 12.8. The minimum atomic E-state index is -0.922. The van der Waals surface area contributed by atoms with Crippen LogP contribution in [0.4, 0.5) is 0 Å². The minimum Gasteiger partial charge on any atom is -0.508 e. The Morgan fingerprint density at radius 1 is 1.27 bits per heavy atom. The molecule has 4 nitrogen and oxygen atoms in total. The fourth-order valence-corrected chi connectivity index (χ4v) is 2.99. The SMILES string of the molecule is COc1cccc2c1CC(C)(c1cc(C)ccc1O)OC2=O. The number of benzene rings is 2. The molecule has 2 aromatic carbocycles. The number of methoxy groups -OCH3 is 1. The van der Waals surface area contributed by atoms with Crippen LogP contribution in [0.15, 0.2) is 36.4 Å². The lowest BCUT2D eigenvalue weighted by molar-refractivity contribution is -0.0195. The zero-order chi connectivity index (χ0) is 15.9. The molecule has 1 aliphatic heterocycles. The minimum absolute atomic E-state index is 0.124. The number of carbonyl (C=O) groups is 1. The number of aromatic hydroxyl groups is 1. The number of phenolic OH excluding ortho intramolecular Hbond substituents is 1. The van der Waals surface area contributed by atoms with Crippen LogP contribution in [0.3, 0.4) is 0 Å². The van der Waals surface area contributed by atoms with E-state index in [4.69, 9.17) is 9.47 Å². The van der Waals surface area contributed by atoms with Gasteiger partial charge in [-0.2, -0.15) is 0 Å². The van der Waals surface area contributed by atoms with Crippen LogP contribution in [0.2, 0.25) is 0 Å². The average Bonchev–Trinajstić information content (AvgIpc) is 2.49. The third-order valence-electron chi connectivity index (χ3n) is 4.13. The highest BCUT2D eigenvalue weighted by Gasteiger charge is 2.40. The van der Waals surface area contributed by atoms with Crippen molar-refractivity contribution >= 4 is 5.97 Å². The van der Waals surface area contributed by atoms with Crippen molar-refractivity contribution in [2.45, 2.75) is 25.9 Å². The third kappa shape index (κ3) is 2.21. The molecule has 0 fully saturated rings. The quantitative estimate of drug-likeness (QED) is 0.864. The van der Waals surface area contributed by atoms with Gasteiger partial charge in [-0.05, 0) is 38.1 Å². The summed E-state index contributed by atoms with van der Waals surface area (Å²) >= 11 is 0. The van der Waals surface area contributed by atoms with E-state index in [1.54, 1.807) is 25.3 Å². The second-order valence-corrected chi connectivity index (χ2v) is 5.80. The molecular formula is C18H18O4. The lowest BCUT2D eigenvalue weighted by Gasteiger charge is -2.35. The Labute approximate surface area is 129 Å². The summed E-state index contributed by atoms with van der Waals surface area (Å²) < 4.78 is 11.0. The van der Waals surface area contributed by atoms with Crippen LogP contribution in [0.5, 0.6) is 11.5 Å². The number of ether oxygens (including phenoxy) is 2. The highest BCUT2D eigenvalue weighted by molar-refractivity contribution is 5.93. The van der Waals surface area contributed by atoms with E-state index >= 15 is 0 Å². The molecule has 0 amide bonds. The van der Waals surface area contributed by atoms with Gasteiger partial charge in [0.25, 0.3) is 0 Å². The smallest absolute Gasteiger partial charge is 0.339 e. The molecule has 4 heteroatoms. The first-order valence-corrected chi connectivity index (χ1v) is 7.14. The standard InChI is InChI=1S/C18H18O4/c1-11-7-8-15(19)14(9-11)18(2)10-13-12(17(20)22-18)5-4-6-16(13)21-3/h4-9,19H,10H2,1-3H3. The van der Waals surface area contributed by atoms with Gasteiger partial charge in [0.15, 0.2) is 0 Å². The van der Waals surface area contributed by atoms with Gasteiger partial charge in [0.2, 0.25) is 0 Å². The van der Waals surface area contributed by atoms with E-state index in [1.807, 2.05) is 32.0 Å². The molecule has 1 unspecified atom stereocenters. The molecule has 0 aromatic heterocycles. The molecule has 0 radical (unpaired) electrons. The van der Waals surface area contributed by atoms with Crippen LogP contribution in [0.1, 0.15) is 34.0 Å². The van der Waals surface area contributed by atoms with Gasteiger partial charge < -0.3 is 14.6 Å². The number of carbonyl (C=O) groups excluding carboxylic acids is 1. The van der Waals surface area contributed by atoms with Gasteiger partial charge >= 0.3 is 5.97 Å². The molecule has 0 aliphatic carbocycles. The zero-order valence-corrected chi connectivity index (χ0v) is 12.8. The molecule has 0 saturated carbocycles. The second-order valence-electron chi connectivity index (χ2n) is 5.80. The van der Waals surface area contributed by atoms with E-state index < -0.39 is 11.6 Å². The summed E-state index contributed by atoms with van der Waals surface area (Å²) in [4.78, 5) is 12.4. The largest absolute Gasteiger partial charge is 0.508 e. The summed E-state index contributed by atoms with van der Waals surface area (Å²) in [5.41, 5.74) is 2.01. The number of esters is 1. The van der Waals surface area contributed by atoms with Gasteiger partial charge in [0.1, 0.15) is 17.1 Å². The molecule has 0 spiro atoms. The molecule has 1 aliphatic rings. The molecular weight excluding hydrogens is 280 g/mol. The fourth-order valence-electron chi connectivity index (χ4n) is 2.99. The average molecular weight is 298 g/mol. The lowest BCUT2D eigenvalue weighted by atomic mass is 9.83. The number of fused-ring (bicyclic) bond motifs is 1. The first-order valence-electron chi connectivity index (χ1n) is 7.14. The van der Waals surface area contributed by atoms with Crippen molar-refractivity contribution in [1.29, 1.82) is 0 Å². The predicted molar refractivity (Wildman–Crippen MR) is 82.3 cm³/mol. The Hall–Kier alpha value is -2.49. The normalized spacial score (nSPS) is 20.2. The number of hydrogen-bond donors (Lipinski definition) is 1. The van der Waals surface area contributed by atoms with Crippen LogP contribution in [-0.2, 0) is 16.8 Å². The molecule has 1 N–H and O–H groups in total. The Morgan fingerprint density at radius 2 is 2.05 bits per heavy atom. The number of phenols is 1. The van der Waals surface area contributed by atoms with Crippen molar-refractivity contribution < 1.29 is 19.4 Å². The van der Waals surface area contributed by atoms with Gasteiger partial charge in [-0.3, -0.25) is 0 Å². The van der Waals surface area contributed by atoms with Crippen LogP contribution >= 0.6 is 0 Å². The molecule has 1 heterocycles. The predicted octanol–water partition coefficient (Wildman–Crippen LogP) is 3.34. The van der Waals surface area contributed by atoms with Crippen molar-refractivity contribution in [3.63, 3.8) is 0 Å². The van der Waals surface area contributed by atoms with Crippen molar-refractivity contribution in [3.05, 3.63) is 58.7 Å². The first kappa shape index (κ1) is 14.4. The summed E-state index contributed by atoms with van der Waals surface area (Å²) in [6, 6.07) is 10.6. The lowest BCUT2D eigenvalue weighted by Crippen LogP contribution is -2.37. The van der Waals surface area contributed by atoms with Crippen LogP contribution in [0.25, 0.3) is 0 Å². The summed E-state index contributed by atoms with van der Waals surface area (Å²) in [5, 5.41) is 10.2. The molecule has 2 aromatic rings. The fraction of sp³-hybridized carbons (Fsp3) is 0.278. The van der Waals surface area contributed by atoms with Crippen molar-refractivity contribution in [3.8, 4) is 11.5 Å². The van der Waals surface area contributed by atoms with E-state index in [0.717, 1.165) is 11.1 Å². The summed E-state index contributed by atoms with van der Waals surface area (Å²) in [6.45, 7) is 3.75. The Kier molecular flexibility index (Phi) is 3.32. The van der Waals surface area contributed by atoms with Crippen LogP contribution in [-0.4, -0.2) is 18.2 Å². The van der Waals surface area contributed by atoms with Crippen molar-refractivity contribution in [2.24, 2.45) is 0 Å². The van der Waals surface area contributed by atoms with Crippen LogP contribution < -0.4 is 4.74 Å². The summed E-state index contributed by atoms with van der Waals surface area (Å²) in [5.74, 6) is 0.385. The van der Waals surface area contributed by atoms with Gasteiger partial charge in [-0.1, -0.05) is 17.7 Å². The van der Waals surface area contributed by atoms with Crippen molar-refractivity contribution in [2.75, 3.05) is 7.11 Å². The Balaban J connectivity index is 2.14. The monoisotopic (exact) mass is 298 g/mol. The van der Waals surface area contributed by atoms with Gasteiger partial charge in [0, 0.05) is 17.5 Å². The maximum absolute atomic E-state index is 12.4. The molecule has 22 heavy (non-hydrogen) atoms. The maximum atomic E-state index is 12.4. The molecule has 1 atom stereocenters. The first-order chi connectivity index (χ1) is 10.4. The molecule has 0 saturated heterocycles. The van der Waals surface area contributed by atoms with Crippen molar-refractivity contribution in [1.82, 2.24) is 0 Å². The molecule has 3 rings (SSSR count). The molecule has 114 valence electrons. The Morgan fingerprint density at radius 3 is 2.77 bits per heavy atom. The number of hydrogen-bond acceptors (Lipinski definition) is 4. The Bertz CT molecular complexity index is 751. The van der Waals surface area contributed by atoms with Gasteiger partial charge in [-0.15, -0.1) is 0 Å². The maximum Gasteiger partial charge on any atom is 0.339 e. The van der Waals surface area contributed by atoms with E-state index in [1.165, 1.54) is 0 Å². The number of rotatable bonds is 2.